The Morgan fingerprint density at radius 1 is 1.09 bits per heavy atom. The molecule has 1 N–H and O–H groups in total. The zero-order chi connectivity index (χ0) is 22.3. The highest BCUT2D eigenvalue weighted by molar-refractivity contribution is 7.80. The summed E-state index contributed by atoms with van der Waals surface area (Å²) in [5.41, 5.74) is 4.74. The second-order valence-corrected chi connectivity index (χ2v) is 7.54. The normalized spacial score (nSPS) is 14.1. The lowest BCUT2D eigenvalue weighted by Crippen LogP contribution is -2.51. The Kier molecular flexibility index (Phi) is 6.90. The van der Waals surface area contributed by atoms with E-state index in [9.17, 15) is 0 Å². The highest BCUT2D eigenvalue weighted by Gasteiger charge is 2.22. The van der Waals surface area contributed by atoms with Crippen LogP contribution in [0.2, 0.25) is 0 Å². The minimum atomic E-state index is 0.612. The molecule has 4 rings (SSSR count). The molecule has 1 aliphatic heterocycles. The van der Waals surface area contributed by atoms with E-state index in [1.807, 2.05) is 30.3 Å². The maximum Gasteiger partial charge on any atom is 0.189 e. The van der Waals surface area contributed by atoms with Crippen molar-refractivity contribution in [1.82, 2.24) is 25.3 Å². The van der Waals surface area contributed by atoms with Crippen LogP contribution in [0.5, 0.6) is 11.5 Å². The lowest BCUT2D eigenvalue weighted by molar-refractivity contribution is 0.355. The van der Waals surface area contributed by atoms with E-state index in [0.717, 1.165) is 48.6 Å². The van der Waals surface area contributed by atoms with Gasteiger partial charge in [0.05, 0.1) is 19.7 Å². The average molecular weight is 452 g/mol. The molecule has 1 aliphatic rings. The van der Waals surface area contributed by atoms with Gasteiger partial charge in [0, 0.05) is 62.2 Å². The van der Waals surface area contributed by atoms with E-state index in [0.29, 0.717) is 23.0 Å². The molecule has 32 heavy (non-hydrogen) atoms. The van der Waals surface area contributed by atoms with Crippen molar-refractivity contribution in [3.8, 4) is 11.5 Å². The molecule has 0 amide bonds. The van der Waals surface area contributed by atoms with Gasteiger partial charge in [-0.3, -0.25) is 10.4 Å². The van der Waals surface area contributed by atoms with Crippen LogP contribution in [0.1, 0.15) is 5.69 Å². The monoisotopic (exact) mass is 451 g/mol. The van der Waals surface area contributed by atoms with Crippen molar-refractivity contribution >= 4 is 40.3 Å². The molecule has 9 nitrogen and oxygen atoms in total. The van der Waals surface area contributed by atoms with E-state index >= 15 is 0 Å². The van der Waals surface area contributed by atoms with Crippen molar-refractivity contribution in [3.05, 3.63) is 48.5 Å². The number of aromatic nitrogens is 3. The van der Waals surface area contributed by atoms with Crippen LogP contribution >= 0.6 is 12.2 Å². The summed E-state index contributed by atoms with van der Waals surface area (Å²) >= 11 is 5.51. The molecule has 0 atom stereocenters. The second-order valence-electron chi connectivity index (χ2n) is 7.15. The minimum absolute atomic E-state index is 0.612. The molecule has 0 aliphatic carbocycles. The van der Waals surface area contributed by atoms with Gasteiger partial charge in [-0.05, 0) is 30.4 Å². The third-order valence-electron chi connectivity index (χ3n) is 5.26. The fourth-order valence-corrected chi connectivity index (χ4v) is 3.81. The Labute approximate surface area is 192 Å². The van der Waals surface area contributed by atoms with Crippen molar-refractivity contribution < 1.29 is 9.47 Å². The number of thiocarbonyl (C=S) groups is 1. The number of hydrogen-bond donors (Lipinski definition) is 1. The highest BCUT2D eigenvalue weighted by Crippen LogP contribution is 2.34. The van der Waals surface area contributed by atoms with E-state index in [2.05, 4.69) is 35.3 Å². The van der Waals surface area contributed by atoms with Crippen LogP contribution in [0.4, 0.5) is 5.82 Å². The van der Waals surface area contributed by atoms with E-state index in [1.54, 1.807) is 33.0 Å². The predicted octanol–water partition coefficient (Wildman–Crippen LogP) is 2.27. The Morgan fingerprint density at radius 3 is 2.59 bits per heavy atom. The Morgan fingerprint density at radius 2 is 1.88 bits per heavy atom. The van der Waals surface area contributed by atoms with Crippen molar-refractivity contribution in [2.24, 2.45) is 5.10 Å². The first-order chi connectivity index (χ1) is 15.7. The summed E-state index contributed by atoms with van der Waals surface area (Å²) in [4.78, 5) is 17.6. The number of piperazine rings is 1. The second kappa shape index (κ2) is 10.2. The lowest BCUT2D eigenvalue weighted by atomic mass is 10.2. The number of nitrogens with one attached hydrogen (secondary N) is 1. The van der Waals surface area contributed by atoms with Crippen molar-refractivity contribution in [2.45, 2.75) is 6.42 Å². The summed E-state index contributed by atoms with van der Waals surface area (Å²) in [6.45, 7) is 3.08. The lowest BCUT2D eigenvalue weighted by Gasteiger charge is -2.36. The molecule has 0 bridgehead atoms. The van der Waals surface area contributed by atoms with Gasteiger partial charge in [0.25, 0.3) is 0 Å². The maximum absolute atomic E-state index is 5.51. The number of rotatable bonds is 6. The first-order valence-corrected chi connectivity index (χ1v) is 10.7. The van der Waals surface area contributed by atoms with E-state index in [1.165, 1.54) is 0 Å². The van der Waals surface area contributed by atoms with Gasteiger partial charge in [0.1, 0.15) is 12.1 Å². The first-order valence-electron chi connectivity index (χ1n) is 10.3. The molecular formula is C22H25N7O2S. The zero-order valence-electron chi connectivity index (χ0n) is 18.1. The summed E-state index contributed by atoms with van der Waals surface area (Å²) in [6.07, 6.45) is 5.78. The van der Waals surface area contributed by atoms with E-state index < -0.39 is 0 Å². The van der Waals surface area contributed by atoms with Gasteiger partial charge in [-0.1, -0.05) is 6.07 Å². The number of anilines is 1. The molecule has 166 valence electrons. The number of methoxy groups -OCH3 is 2. The third-order valence-corrected chi connectivity index (χ3v) is 5.61. The van der Waals surface area contributed by atoms with Gasteiger partial charge in [-0.15, -0.1) is 0 Å². The first kappa shape index (κ1) is 21.7. The van der Waals surface area contributed by atoms with Gasteiger partial charge < -0.3 is 19.3 Å². The molecule has 1 aromatic carbocycles. The van der Waals surface area contributed by atoms with Crippen LogP contribution in [0, 0.1) is 0 Å². The highest BCUT2D eigenvalue weighted by atomic mass is 32.1. The van der Waals surface area contributed by atoms with Crippen molar-refractivity contribution in [3.63, 3.8) is 0 Å². The van der Waals surface area contributed by atoms with Crippen LogP contribution in [0.15, 0.2) is 48.0 Å². The molecule has 0 spiro atoms. The van der Waals surface area contributed by atoms with Crippen LogP contribution in [-0.2, 0) is 6.42 Å². The number of nitrogens with zero attached hydrogens (tertiary/aromatic N) is 6. The van der Waals surface area contributed by atoms with Crippen LogP contribution < -0.4 is 19.8 Å². The zero-order valence-corrected chi connectivity index (χ0v) is 18.9. The number of hydrazone groups is 1. The number of hydrogen-bond acceptors (Lipinski definition) is 8. The molecule has 2 aromatic heterocycles. The summed E-state index contributed by atoms with van der Waals surface area (Å²) in [5.74, 6) is 2.18. The molecule has 3 aromatic rings. The van der Waals surface area contributed by atoms with Gasteiger partial charge in [-0.25, -0.2) is 9.97 Å². The molecule has 10 heteroatoms. The van der Waals surface area contributed by atoms with E-state index in [4.69, 9.17) is 21.7 Å². The van der Waals surface area contributed by atoms with Gasteiger partial charge in [0.2, 0.25) is 0 Å². The maximum atomic E-state index is 5.51. The topological polar surface area (TPSA) is 88.0 Å². The molecule has 0 unspecified atom stereocenters. The molecule has 1 saturated heterocycles. The fraction of sp³-hybridized carbons (Fsp3) is 0.318. The summed E-state index contributed by atoms with van der Waals surface area (Å²) in [5, 5.41) is 5.78. The largest absolute Gasteiger partial charge is 0.493 e. The fourth-order valence-electron chi connectivity index (χ4n) is 3.57. The van der Waals surface area contributed by atoms with E-state index in [-0.39, 0.29) is 0 Å². The standard InChI is InChI=1S/C22H25N7O2S/c1-30-19-13-17-18(14-20(19)31-2)24-15-25-21(17)28-9-11-29(12-10-28)22(32)27-26-8-6-16-5-3-4-7-23-16/h3-5,7-8,13-15H,6,9-12H2,1-2H3,(H,27,32). The summed E-state index contributed by atoms with van der Waals surface area (Å²) in [7, 11) is 3.24. The molecule has 0 radical (unpaired) electrons. The molecule has 3 heterocycles. The van der Waals surface area contributed by atoms with Crippen molar-refractivity contribution in [1.29, 1.82) is 0 Å². The Hall–Kier alpha value is -3.53. The summed E-state index contributed by atoms with van der Waals surface area (Å²) < 4.78 is 10.9. The smallest absolute Gasteiger partial charge is 0.189 e. The molecule has 1 fully saturated rings. The van der Waals surface area contributed by atoms with Crippen LogP contribution in [0.25, 0.3) is 10.9 Å². The predicted molar refractivity (Wildman–Crippen MR) is 129 cm³/mol. The van der Waals surface area contributed by atoms with Gasteiger partial charge in [-0.2, -0.15) is 5.10 Å². The van der Waals surface area contributed by atoms with Gasteiger partial charge >= 0.3 is 0 Å². The minimum Gasteiger partial charge on any atom is -0.493 e. The van der Waals surface area contributed by atoms with Crippen LogP contribution in [-0.4, -0.2) is 71.6 Å². The quantitative estimate of drug-likeness (QED) is 0.344. The molecular weight excluding hydrogens is 426 g/mol. The summed E-state index contributed by atoms with van der Waals surface area (Å²) in [6, 6.07) is 9.62. The number of benzene rings is 1. The SMILES string of the molecule is COc1cc2ncnc(N3CCN(C(=S)NN=CCc4ccccn4)CC3)c2cc1OC. The number of ether oxygens (including phenoxy) is 2. The van der Waals surface area contributed by atoms with Gasteiger partial charge in [0.15, 0.2) is 16.6 Å². The number of pyridine rings is 1. The average Bonchev–Trinajstić information content (AvgIpc) is 2.86. The van der Waals surface area contributed by atoms with Crippen molar-refractivity contribution in [2.75, 3.05) is 45.3 Å². The Bertz CT molecular complexity index is 1100. The Balaban J connectivity index is 1.37. The number of fused-ring (bicyclic) bond motifs is 1. The molecule has 0 saturated carbocycles. The third kappa shape index (κ3) is 4.86. The van der Waals surface area contributed by atoms with Crippen LogP contribution in [0.3, 0.4) is 0 Å².